The molecule has 0 aliphatic heterocycles. The first-order valence-electron chi connectivity index (χ1n) is 4.88. The van der Waals surface area contributed by atoms with Crippen LogP contribution in [0.15, 0.2) is 18.3 Å². The number of thiophene rings is 1. The molecule has 0 aromatic carbocycles. The van der Waals surface area contributed by atoms with Gasteiger partial charge in [0.15, 0.2) is 0 Å². The molecule has 2 aromatic rings. The van der Waals surface area contributed by atoms with Crippen LogP contribution in [0.2, 0.25) is 0 Å². The Hall–Kier alpha value is -0.780. The third kappa shape index (κ3) is 2.42. The second-order valence-electron chi connectivity index (χ2n) is 3.26. The van der Waals surface area contributed by atoms with Gasteiger partial charge in [-0.2, -0.15) is 0 Å². The lowest BCUT2D eigenvalue weighted by Gasteiger charge is -2.13. The quantitative estimate of drug-likeness (QED) is 0.891. The minimum Gasteiger partial charge on any atom is -0.305 e. The molecule has 0 saturated carbocycles. The van der Waals surface area contributed by atoms with Crippen LogP contribution < -0.4 is 5.32 Å². The van der Waals surface area contributed by atoms with Crippen LogP contribution in [0.5, 0.6) is 0 Å². The molecule has 1 N–H and O–H groups in total. The molecule has 0 spiro atoms. The minimum atomic E-state index is 0.258. The second-order valence-corrected chi connectivity index (χ2v) is 5.40. The van der Waals surface area contributed by atoms with E-state index >= 15 is 0 Å². The summed E-state index contributed by atoms with van der Waals surface area (Å²) in [5.41, 5.74) is 0. The Bertz CT molecular complexity index is 408. The van der Waals surface area contributed by atoms with Crippen molar-refractivity contribution in [1.82, 2.24) is 14.9 Å². The topological polar surface area (TPSA) is 37.8 Å². The van der Waals surface area contributed by atoms with Crippen molar-refractivity contribution in [3.8, 4) is 0 Å². The predicted octanol–water partition coefficient (Wildman–Crippen LogP) is 2.61. The number of hydrogen-bond donors (Lipinski definition) is 1. The van der Waals surface area contributed by atoms with E-state index in [4.69, 9.17) is 0 Å². The lowest BCUT2D eigenvalue weighted by atomic mass is 10.2. The van der Waals surface area contributed by atoms with E-state index in [0.29, 0.717) is 0 Å². The lowest BCUT2D eigenvalue weighted by Crippen LogP contribution is -2.20. The highest BCUT2D eigenvalue weighted by Gasteiger charge is 2.16. The third-order valence-electron chi connectivity index (χ3n) is 2.12. The molecule has 0 saturated heterocycles. The van der Waals surface area contributed by atoms with Crippen molar-refractivity contribution in [3.63, 3.8) is 0 Å². The van der Waals surface area contributed by atoms with Gasteiger partial charge in [0.05, 0.1) is 17.1 Å². The normalized spacial score (nSPS) is 12.9. The van der Waals surface area contributed by atoms with Crippen LogP contribution in [0.25, 0.3) is 0 Å². The van der Waals surface area contributed by atoms with E-state index in [1.807, 2.05) is 17.5 Å². The first kappa shape index (κ1) is 10.7. The predicted molar refractivity (Wildman–Crippen MR) is 64.5 cm³/mol. The number of aromatic nitrogens is 2. The Balaban J connectivity index is 2.27. The number of hydrogen-bond acceptors (Lipinski definition) is 5. The van der Waals surface area contributed by atoms with Crippen molar-refractivity contribution in [3.05, 3.63) is 33.0 Å². The number of nitrogens with one attached hydrogen (secondary N) is 1. The molecule has 80 valence electrons. The van der Waals surface area contributed by atoms with Crippen molar-refractivity contribution in [2.45, 2.75) is 19.9 Å². The minimum absolute atomic E-state index is 0.258. The van der Waals surface area contributed by atoms with Crippen molar-refractivity contribution >= 4 is 22.9 Å². The largest absolute Gasteiger partial charge is 0.305 e. The third-order valence-corrected chi connectivity index (χ3v) is 3.91. The SMILES string of the molecule is CCNC(c1cnns1)c1ccc(C)s1. The van der Waals surface area contributed by atoms with Gasteiger partial charge in [0.1, 0.15) is 0 Å². The molecule has 15 heavy (non-hydrogen) atoms. The van der Waals surface area contributed by atoms with Crippen LogP contribution in [0.1, 0.15) is 27.6 Å². The van der Waals surface area contributed by atoms with E-state index in [9.17, 15) is 0 Å². The van der Waals surface area contributed by atoms with Crippen LogP contribution >= 0.6 is 22.9 Å². The average molecular weight is 239 g/mol. The maximum atomic E-state index is 3.91. The van der Waals surface area contributed by atoms with Gasteiger partial charge in [0, 0.05) is 9.75 Å². The molecular formula is C10H13N3S2. The fourth-order valence-corrected chi connectivity index (χ4v) is 3.10. The second kappa shape index (κ2) is 4.83. The molecule has 0 amide bonds. The fraction of sp³-hybridized carbons (Fsp3) is 0.400. The van der Waals surface area contributed by atoms with E-state index in [0.717, 1.165) is 6.54 Å². The molecule has 2 heterocycles. The van der Waals surface area contributed by atoms with Crippen LogP contribution in [-0.2, 0) is 0 Å². The van der Waals surface area contributed by atoms with Gasteiger partial charge < -0.3 is 5.32 Å². The summed E-state index contributed by atoms with van der Waals surface area (Å²) >= 11 is 3.28. The Labute approximate surface area is 97.3 Å². The fourth-order valence-electron chi connectivity index (χ4n) is 1.46. The standard InChI is InChI=1S/C10H13N3S2/c1-3-11-10(9-6-12-13-15-9)8-5-4-7(2)14-8/h4-6,10-11H,3H2,1-2H3. The highest BCUT2D eigenvalue weighted by atomic mass is 32.1. The van der Waals surface area contributed by atoms with Crippen LogP contribution in [0, 0.1) is 6.92 Å². The molecule has 2 rings (SSSR count). The van der Waals surface area contributed by atoms with Crippen molar-refractivity contribution in [1.29, 1.82) is 0 Å². The zero-order chi connectivity index (χ0) is 10.7. The summed E-state index contributed by atoms with van der Waals surface area (Å²) in [6.07, 6.45) is 1.84. The van der Waals surface area contributed by atoms with Crippen molar-refractivity contribution < 1.29 is 0 Å². The summed E-state index contributed by atoms with van der Waals surface area (Å²) in [7, 11) is 0. The highest BCUT2D eigenvalue weighted by Crippen LogP contribution is 2.29. The van der Waals surface area contributed by atoms with Crippen molar-refractivity contribution in [2.24, 2.45) is 0 Å². The van der Waals surface area contributed by atoms with Crippen LogP contribution in [0.4, 0.5) is 0 Å². The van der Waals surface area contributed by atoms with Gasteiger partial charge in [0.2, 0.25) is 0 Å². The summed E-state index contributed by atoms with van der Waals surface area (Å²) in [5, 5.41) is 7.35. The van der Waals surface area contributed by atoms with Gasteiger partial charge >= 0.3 is 0 Å². The maximum absolute atomic E-state index is 3.91. The number of aryl methyl sites for hydroxylation is 1. The summed E-state index contributed by atoms with van der Waals surface area (Å²) in [5.74, 6) is 0. The van der Waals surface area contributed by atoms with Crippen molar-refractivity contribution in [2.75, 3.05) is 6.54 Å². The molecule has 1 atom stereocenters. The molecule has 1 unspecified atom stereocenters. The zero-order valence-corrected chi connectivity index (χ0v) is 10.4. The molecule has 5 heteroatoms. The van der Waals surface area contributed by atoms with Crippen LogP contribution in [-0.4, -0.2) is 16.1 Å². The van der Waals surface area contributed by atoms with E-state index in [-0.39, 0.29) is 6.04 Å². The number of nitrogens with zero attached hydrogens (tertiary/aromatic N) is 2. The van der Waals surface area contributed by atoms with E-state index in [2.05, 4.69) is 40.9 Å². The monoisotopic (exact) mass is 239 g/mol. The van der Waals surface area contributed by atoms with Crippen LogP contribution in [0.3, 0.4) is 0 Å². The summed E-state index contributed by atoms with van der Waals surface area (Å²) in [6, 6.07) is 4.58. The Morgan fingerprint density at radius 2 is 2.27 bits per heavy atom. The lowest BCUT2D eigenvalue weighted by molar-refractivity contribution is 0.647. The van der Waals surface area contributed by atoms with E-state index < -0.39 is 0 Å². The van der Waals surface area contributed by atoms with Gasteiger partial charge in [-0.25, -0.2) is 0 Å². The molecule has 0 bridgehead atoms. The van der Waals surface area contributed by atoms with E-state index in [1.165, 1.54) is 26.2 Å². The van der Waals surface area contributed by atoms with Gasteiger partial charge in [-0.1, -0.05) is 11.4 Å². The first-order valence-corrected chi connectivity index (χ1v) is 6.47. The zero-order valence-electron chi connectivity index (χ0n) is 8.73. The maximum Gasteiger partial charge on any atom is 0.0797 e. The Morgan fingerprint density at radius 3 is 2.80 bits per heavy atom. The van der Waals surface area contributed by atoms with Gasteiger partial charge in [0.25, 0.3) is 0 Å². The Morgan fingerprint density at radius 1 is 1.40 bits per heavy atom. The summed E-state index contributed by atoms with van der Waals surface area (Å²) in [4.78, 5) is 3.85. The van der Waals surface area contributed by atoms with E-state index in [1.54, 1.807) is 0 Å². The van der Waals surface area contributed by atoms with Gasteiger partial charge in [-0.3, -0.25) is 0 Å². The molecule has 0 aliphatic rings. The van der Waals surface area contributed by atoms with Gasteiger partial charge in [-0.15, -0.1) is 16.4 Å². The first-order chi connectivity index (χ1) is 7.31. The molecule has 0 radical (unpaired) electrons. The summed E-state index contributed by atoms with van der Waals surface area (Å²) < 4.78 is 3.91. The average Bonchev–Trinajstić information content (AvgIpc) is 2.85. The molecule has 2 aromatic heterocycles. The Kier molecular flexibility index (Phi) is 3.45. The highest BCUT2D eigenvalue weighted by molar-refractivity contribution is 7.12. The molecular weight excluding hydrogens is 226 g/mol. The summed E-state index contributed by atoms with van der Waals surface area (Å²) in [6.45, 7) is 5.18. The number of rotatable bonds is 4. The smallest absolute Gasteiger partial charge is 0.0797 e. The molecule has 0 aliphatic carbocycles. The molecule has 3 nitrogen and oxygen atoms in total. The molecule has 0 fully saturated rings. The van der Waals surface area contributed by atoms with Gasteiger partial charge in [-0.05, 0) is 37.1 Å².